The summed E-state index contributed by atoms with van der Waals surface area (Å²) in [5.74, 6) is 2.63. The number of nitriles is 1. The molecular formula is C18H20N2O3. The third-order valence-corrected chi connectivity index (χ3v) is 2.83. The van der Waals surface area contributed by atoms with Crippen molar-refractivity contribution < 1.29 is 14.3 Å². The zero-order chi connectivity index (χ0) is 16.9. The van der Waals surface area contributed by atoms with Gasteiger partial charge in [-0.15, -0.1) is 6.42 Å². The van der Waals surface area contributed by atoms with Crippen molar-refractivity contribution in [3.05, 3.63) is 35.4 Å². The number of amides is 1. The molecular weight excluding hydrogens is 292 g/mol. The molecule has 0 unspecified atom stereocenters. The molecule has 0 fully saturated rings. The molecule has 0 saturated heterocycles. The molecule has 0 saturated carbocycles. The SMILES string of the molecule is C#CCOc1ccc(C=C(C#N)C(=O)NCCCOCC)cc1. The van der Waals surface area contributed by atoms with E-state index in [9.17, 15) is 4.79 Å². The summed E-state index contributed by atoms with van der Waals surface area (Å²) in [6.07, 6.45) is 7.36. The monoisotopic (exact) mass is 312 g/mol. The smallest absolute Gasteiger partial charge is 0.261 e. The summed E-state index contributed by atoms with van der Waals surface area (Å²) >= 11 is 0. The molecule has 0 atom stereocenters. The highest BCUT2D eigenvalue weighted by molar-refractivity contribution is 6.01. The molecule has 0 aliphatic rings. The number of hydrogen-bond acceptors (Lipinski definition) is 4. The van der Waals surface area contributed by atoms with Crippen LogP contribution in [0.15, 0.2) is 29.8 Å². The zero-order valence-corrected chi connectivity index (χ0v) is 13.2. The number of carbonyl (C=O) groups is 1. The third-order valence-electron chi connectivity index (χ3n) is 2.83. The molecule has 0 aliphatic carbocycles. The van der Waals surface area contributed by atoms with E-state index < -0.39 is 5.91 Å². The molecule has 5 nitrogen and oxygen atoms in total. The van der Waals surface area contributed by atoms with Gasteiger partial charge in [-0.05, 0) is 37.1 Å². The van der Waals surface area contributed by atoms with Crippen molar-refractivity contribution in [2.75, 3.05) is 26.4 Å². The van der Waals surface area contributed by atoms with Gasteiger partial charge in [-0.2, -0.15) is 5.26 Å². The second-order valence-corrected chi connectivity index (χ2v) is 4.54. The van der Waals surface area contributed by atoms with Crippen LogP contribution in [0.3, 0.4) is 0 Å². The number of rotatable bonds is 9. The van der Waals surface area contributed by atoms with Crippen LogP contribution in [0.1, 0.15) is 18.9 Å². The lowest BCUT2D eigenvalue weighted by Gasteiger charge is -2.05. The van der Waals surface area contributed by atoms with Crippen molar-refractivity contribution in [3.8, 4) is 24.2 Å². The average Bonchev–Trinajstić information content (AvgIpc) is 2.58. The Morgan fingerprint density at radius 1 is 1.39 bits per heavy atom. The van der Waals surface area contributed by atoms with Crippen LogP contribution in [-0.2, 0) is 9.53 Å². The number of terminal acetylenes is 1. The number of nitrogens with zero attached hydrogens (tertiary/aromatic N) is 1. The van der Waals surface area contributed by atoms with Gasteiger partial charge >= 0.3 is 0 Å². The maximum atomic E-state index is 11.9. The number of hydrogen-bond donors (Lipinski definition) is 1. The van der Waals surface area contributed by atoms with E-state index in [1.165, 1.54) is 6.08 Å². The topological polar surface area (TPSA) is 71.3 Å². The lowest BCUT2D eigenvalue weighted by Crippen LogP contribution is -2.26. The molecule has 1 aromatic carbocycles. The first-order chi connectivity index (χ1) is 11.2. The van der Waals surface area contributed by atoms with Gasteiger partial charge in [0.2, 0.25) is 0 Å². The highest BCUT2D eigenvalue weighted by Crippen LogP contribution is 2.14. The number of nitrogens with one attached hydrogen (secondary N) is 1. The van der Waals surface area contributed by atoms with Gasteiger partial charge in [0.25, 0.3) is 5.91 Å². The number of ether oxygens (including phenoxy) is 2. The Balaban J connectivity index is 2.59. The normalized spacial score (nSPS) is 10.5. The number of carbonyl (C=O) groups excluding carboxylic acids is 1. The standard InChI is InChI=1S/C18H20N2O3/c1-3-11-23-17-8-6-15(7-9-17)13-16(14-19)18(21)20-10-5-12-22-4-2/h1,6-9,13H,4-5,10-12H2,2H3,(H,20,21). The van der Waals surface area contributed by atoms with E-state index in [1.54, 1.807) is 24.3 Å². The summed E-state index contributed by atoms with van der Waals surface area (Å²) in [4.78, 5) is 11.9. The number of benzene rings is 1. The molecule has 5 heteroatoms. The zero-order valence-electron chi connectivity index (χ0n) is 13.2. The fourth-order valence-electron chi connectivity index (χ4n) is 1.72. The lowest BCUT2D eigenvalue weighted by molar-refractivity contribution is -0.117. The molecule has 0 bridgehead atoms. The van der Waals surface area contributed by atoms with Crippen LogP contribution >= 0.6 is 0 Å². The highest BCUT2D eigenvalue weighted by atomic mass is 16.5. The van der Waals surface area contributed by atoms with Crippen LogP contribution in [0.4, 0.5) is 0 Å². The van der Waals surface area contributed by atoms with E-state index >= 15 is 0 Å². The summed E-state index contributed by atoms with van der Waals surface area (Å²) in [5.41, 5.74) is 0.790. The third kappa shape index (κ3) is 7.17. The minimum atomic E-state index is -0.392. The van der Waals surface area contributed by atoms with Gasteiger partial charge in [0.05, 0.1) is 0 Å². The van der Waals surface area contributed by atoms with Crippen LogP contribution < -0.4 is 10.1 Å². The van der Waals surface area contributed by atoms with Crippen LogP contribution in [0.25, 0.3) is 6.08 Å². The Morgan fingerprint density at radius 2 is 2.13 bits per heavy atom. The fourth-order valence-corrected chi connectivity index (χ4v) is 1.72. The van der Waals surface area contributed by atoms with Crippen molar-refractivity contribution in [2.24, 2.45) is 0 Å². The van der Waals surface area contributed by atoms with Crippen LogP contribution in [0.2, 0.25) is 0 Å². The van der Waals surface area contributed by atoms with Gasteiger partial charge in [0, 0.05) is 19.8 Å². The quantitative estimate of drug-likeness (QED) is 0.328. The average molecular weight is 312 g/mol. The first-order valence-corrected chi connectivity index (χ1v) is 7.35. The van der Waals surface area contributed by atoms with Crippen molar-refractivity contribution in [3.63, 3.8) is 0 Å². The van der Waals surface area contributed by atoms with Crippen LogP contribution in [-0.4, -0.2) is 32.3 Å². The molecule has 120 valence electrons. The van der Waals surface area contributed by atoms with E-state index in [0.717, 1.165) is 5.56 Å². The summed E-state index contributed by atoms with van der Waals surface area (Å²) < 4.78 is 10.4. The fraction of sp³-hybridized carbons (Fsp3) is 0.333. The molecule has 1 aromatic rings. The summed E-state index contributed by atoms with van der Waals surface area (Å²) in [6.45, 7) is 3.82. The van der Waals surface area contributed by atoms with E-state index in [-0.39, 0.29) is 12.2 Å². The van der Waals surface area contributed by atoms with Gasteiger partial charge in [-0.1, -0.05) is 18.1 Å². The van der Waals surface area contributed by atoms with Crippen molar-refractivity contribution in [2.45, 2.75) is 13.3 Å². The largest absolute Gasteiger partial charge is 0.481 e. The van der Waals surface area contributed by atoms with E-state index in [1.807, 2.05) is 13.0 Å². The highest BCUT2D eigenvalue weighted by Gasteiger charge is 2.08. The predicted molar refractivity (Wildman–Crippen MR) is 88.5 cm³/mol. The van der Waals surface area contributed by atoms with Crippen molar-refractivity contribution in [1.82, 2.24) is 5.32 Å². The van der Waals surface area contributed by atoms with Gasteiger partial charge in [-0.3, -0.25) is 4.79 Å². The Kier molecular flexibility index (Phi) is 8.66. The Morgan fingerprint density at radius 3 is 2.74 bits per heavy atom. The van der Waals surface area contributed by atoms with Crippen LogP contribution in [0, 0.1) is 23.7 Å². The Labute approximate surface area is 136 Å². The summed E-state index contributed by atoms with van der Waals surface area (Å²) in [5, 5.41) is 11.8. The van der Waals surface area contributed by atoms with E-state index in [4.69, 9.17) is 21.2 Å². The van der Waals surface area contributed by atoms with Crippen LogP contribution in [0.5, 0.6) is 5.75 Å². The second-order valence-electron chi connectivity index (χ2n) is 4.54. The van der Waals surface area contributed by atoms with Gasteiger partial charge in [-0.25, -0.2) is 0 Å². The molecule has 1 N–H and O–H groups in total. The molecule has 0 aromatic heterocycles. The molecule has 0 heterocycles. The minimum absolute atomic E-state index is 0.0544. The maximum Gasteiger partial charge on any atom is 0.261 e. The molecule has 0 spiro atoms. The van der Waals surface area contributed by atoms with Crippen molar-refractivity contribution >= 4 is 12.0 Å². The molecule has 1 amide bonds. The summed E-state index contributed by atoms with van der Waals surface area (Å²) in [6, 6.07) is 8.89. The van der Waals surface area contributed by atoms with Gasteiger partial charge < -0.3 is 14.8 Å². The molecule has 0 radical (unpaired) electrons. The van der Waals surface area contributed by atoms with Crippen molar-refractivity contribution in [1.29, 1.82) is 5.26 Å². The minimum Gasteiger partial charge on any atom is -0.481 e. The maximum absolute atomic E-state index is 11.9. The first-order valence-electron chi connectivity index (χ1n) is 7.35. The molecule has 23 heavy (non-hydrogen) atoms. The predicted octanol–water partition coefficient (Wildman–Crippen LogP) is 2.15. The molecule has 0 aliphatic heterocycles. The second kappa shape index (κ2) is 10.9. The first kappa shape index (κ1) is 18.3. The molecule has 1 rings (SSSR count). The van der Waals surface area contributed by atoms with Gasteiger partial charge in [0.15, 0.2) is 0 Å². The Bertz CT molecular complexity index is 607. The summed E-state index contributed by atoms with van der Waals surface area (Å²) in [7, 11) is 0. The van der Waals surface area contributed by atoms with E-state index in [0.29, 0.717) is 31.9 Å². The Hall–Kier alpha value is -2.76. The van der Waals surface area contributed by atoms with E-state index in [2.05, 4.69) is 11.2 Å². The van der Waals surface area contributed by atoms with Gasteiger partial charge in [0.1, 0.15) is 24.0 Å². The lowest BCUT2D eigenvalue weighted by atomic mass is 10.1.